The van der Waals surface area contributed by atoms with Gasteiger partial charge in [-0.25, -0.2) is 13.4 Å². The summed E-state index contributed by atoms with van der Waals surface area (Å²) in [6.45, 7) is 0. The molecular weight excluding hydrogens is 546 g/mol. The summed E-state index contributed by atoms with van der Waals surface area (Å²) in [4.78, 5) is 20.2. The first-order chi connectivity index (χ1) is 16.9. The lowest BCUT2D eigenvalue weighted by Crippen LogP contribution is -2.27. The van der Waals surface area contributed by atoms with E-state index in [9.17, 15) is 13.2 Å². The summed E-state index contributed by atoms with van der Waals surface area (Å²) in [5.41, 5.74) is 1.94. The first kappa shape index (κ1) is 24.1. The molecule has 1 atom stereocenters. The summed E-state index contributed by atoms with van der Waals surface area (Å²) in [7, 11) is -2.40. The van der Waals surface area contributed by atoms with Crippen LogP contribution in [0.15, 0.2) is 70.3 Å². The van der Waals surface area contributed by atoms with Gasteiger partial charge in [-0.15, -0.1) is 34.4 Å². The van der Waals surface area contributed by atoms with E-state index in [2.05, 4.69) is 4.72 Å². The fourth-order valence-electron chi connectivity index (χ4n) is 3.51. The molecule has 0 aliphatic carbocycles. The van der Waals surface area contributed by atoms with Gasteiger partial charge in [0.2, 0.25) is 5.91 Å². The van der Waals surface area contributed by atoms with Crippen molar-refractivity contribution in [2.24, 2.45) is 0 Å². The van der Waals surface area contributed by atoms with Crippen molar-refractivity contribution in [3.63, 3.8) is 0 Å². The topological polar surface area (TPSA) is 88.6 Å². The van der Waals surface area contributed by atoms with Crippen LogP contribution in [0.3, 0.4) is 0 Å². The monoisotopic (exact) mass is 563 g/mol. The Morgan fingerprint density at radius 1 is 1.14 bits per heavy atom. The van der Waals surface area contributed by atoms with Crippen molar-refractivity contribution in [2.75, 3.05) is 22.5 Å². The van der Waals surface area contributed by atoms with E-state index >= 15 is 0 Å². The average Bonchev–Trinajstić information content (AvgIpc) is 3.60. The Hall–Kier alpha value is -2.57. The molecule has 0 bridgehead atoms. The number of nitrogens with zero attached hydrogens (tertiary/aromatic N) is 2. The molecule has 1 aliphatic heterocycles. The molecule has 0 spiro atoms. The van der Waals surface area contributed by atoms with Gasteiger partial charge in [0, 0.05) is 27.6 Å². The number of thiazole rings is 1. The van der Waals surface area contributed by atoms with Gasteiger partial charge in [-0.2, -0.15) is 0 Å². The van der Waals surface area contributed by atoms with Crippen LogP contribution in [0.1, 0.15) is 10.3 Å². The minimum absolute atomic E-state index is 0.0397. The van der Waals surface area contributed by atoms with Crippen LogP contribution in [0.5, 0.6) is 5.75 Å². The number of thiophene rings is 1. The van der Waals surface area contributed by atoms with Crippen LogP contribution >= 0.6 is 46.0 Å². The minimum atomic E-state index is -3.83. The molecular formula is C23H18ClN3O4S4. The van der Waals surface area contributed by atoms with Crippen molar-refractivity contribution in [3.05, 3.63) is 75.3 Å². The van der Waals surface area contributed by atoms with E-state index in [1.165, 1.54) is 36.6 Å². The zero-order valence-corrected chi connectivity index (χ0v) is 22.2. The Morgan fingerprint density at radius 2 is 1.94 bits per heavy atom. The molecule has 2 aromatic heterocycles. The second-order valence-corrected chi connectivity index (χ2v) is 12.4. The molecule has 1 fully saturated rings. The van der Waals surface area contributed by atoms with E-state index in [1.807, 2.05) is 22.9 Å². The molecule has 7 nitrogen and oxygen atoms in total. The van der Waals surface area contributed by atoms with E-state index in [0.29, 0.717) is 21.6 Å². The van der Waals surface area contributed by atoms with E-state index < -0.39 is 10.0 Å². The number of methoxy groups -OCH3 is 1. The van der Waals surface area contributed by atoms with Crippen LogP contribution in [-0.2, 0) is 14.8 Å². The van der Waals surface area contributed by atoms with Crippen LogP contribution in [0.2, 0.25) is 5.02 Å². The number of carbonyl (C=O) groups is 1. The highest BCUT2D eigenvalue weighted by Crippen LogP contribution is 2.44. The Kier molecular flexibility index (Phi) is 6.78. The number of hydrogen-bond acceptors (Lipinski definition) is 8. The zero-order chi connectivity index (χ0) is 24.6. The van der Waals surface area contributed by atoms with Crippen LogP contribution in [0, 0.1) is 0 Å². The molecule has 35 heavy (non-hydrogen) atoms. The Labute approximate surface area is 219 Å². The van der Waals surface area contributed by atoms with Crippen molar-refractivity contribution in [3.8, 4) is 17.0 Å². The molecule has 180 valence electrons. The predicted molar refractivity (Wildman–Crippen MR) is 143 cm³/mol. The molecule has 4 aromatic rings. The highest BCUT2D eigenvalue weighted by molar-refractivity contribution is 8.01. The fourth-order valence-corrected chi connectivity index (χ4v) is 7.84. The molecule has 3 heterocycles. The summed E-state index contributed by atoms with van der Waals surface area (Å²) < 4.78 is 33.2. The van der Waals surface area contributed by atoms with Gasteiger partial charge in [-0.1, -0.05) is 29.8 Å². The number of aromatic nitrogens is 1. The number of rotatable bonds is 7. The Morgan fingerprint density at radius 3 is 2.66 bits per heavy atom. The fraction of sp³-hybridized carbons (Fsp3) is 0.130. The maximum atomic E-state index is 12.8. The molecule has 2 aromatic carbocycles. The molecule has 5 rings (SSSR count). The molecule has 0 radical (unpaired) electrons. The van der Waals surface area contributed by atoms with Crippen molar-refractivity contribution >= 4 is 72.8 Å². The average molecular weight is 564 g/mol. The molecule has 1 amide bonds. The summed E-state index contributed by atoms with van der Waals surface area (Å²) >= 11 is 10.6. The largest absolute Gasteiger partial charge is 0.495 e. The van der Waals surface area contributed by atoms with Gasteiger partial charge in [0.1, 0.15) is 11.1 Å². The molecule has 0 saturated carbocycles. The number of ether oxygens (including phenoxy) is 1. The standard InChI is InChI=1S/C23H18ClN3O4S4/c1-31-19-11-16(8-9-17(19)24)35(29,30)26-15-6-4-14(5-7-15)18-12-34-23(25-18)27-21(28)13-33-22(27)20-3-2-10-32-20/h2-12,22,26H,13H2,1H3. The highest BCUT2D eigenvalue weighted by Gasteiger charge is 2.36. The number of anilines is 2. The maximum Gasteiger partial charge on any atom is 0.262 e. The number of thioether (sulfide) groups is 1. The smallest absolute Gasteiger partial charge is 0.262 e. The second-order valence-electron chi connectivity index (χ2n) is 7.44. The van der Waals surface area contributed by atoms with Gasteiger partial charge >= 0.3 is 0 Å². The number of hydrogen-bond donors (Lipinski definition) is 1. The van der Waals surface area contributed by atoms with Crippen molar-refractivity contribution in [1.82, 2.24) is 4.98 Å². The third kappa shape index (κ3) is 4.91. The van der Waals surface area contributed by atoms with Gasteiger partial charge in [-0.05, 0) is 35.7 Å². The summed E-state index contributed by atoms with van der Waals surface area (Å²) in [6.07, 6.45) is 0. The quantitative estimate of drug-likeness (QED) is 0.292. The minimum Gasteiger partial charge on any atom is -0.495 e. The molecule has 1 saturated heterocycles. The van der Waals surface area contributed by atoms with Crippen LogP contribution in [-0.4, -0.2) is 32.2 Å². The zero-order valence-electron chi connectivity index (χ0n) is 18.2. The van der Waals surface area contributed by atoms with Gasteiger partial charge in [0.15, 0.2) is 5.13 Å². The van der Waals surface area contributed by atoms with E-state index in [1.54, 1.807) is 52.3 Å². The van der Waals surface area contributed by atoms with Gasteiger partial charge in [-0.3, -0.25) is 14.4 Å². The molecule has 1 N–H and O–H groups in total. The SMILES string of the molecule is COc1cc(S(=O)(=O)Nc2ccc(-c3csc(N4C(=O)CSC4c4cccs4)n3)cc2)ccc1Cl. The summed E-state index contributed by atoms with van der Waals surface area (Å²) in [6, 6.07) is 15.2. The predicted octanol–water partition coefficient (Wildman–Crippen LogP) is 6.11. The number of carbonyl (C=O) groups excluding carboxylic acids is 1. The van der Waals surface area contributed by atoms with E-state index in [-0.39, 0.29) is 21.9 Å². The van der Waals surface area contributed by atoms with Gasteiger partial charge in [0.05, 0.1) is 28.5 Å². The third-order valence-corrected chi connectivity index (χ3v) is 10.0. The first-order valence-corrected chi connectivity index (χ1v) is 14.9. The van der Waals surface area contributed by atoms with Crippen LogP contribution < -0.4 is 14.4 Å². The second kappa shape index (κ2) is 9.82. The summed E-state index contributed by atoms with van der Waals surface area (Å²) in [5.74, 6) is 0.740. The first-order valence-electron chi connectivity index (χ1n) is 10.2. The van der Waals surface area contributed by atoms with E-state index in [0.717, 1.165) is 16.1 Å². The molecule has 1 aliphatic rings. The number of benzene rings is 2. The number of halogens is 1. The number of amides is 1. The number of sulfonamides is 1. The van der Waals surface area contributed by atoms with Crippen molar-refractivity contribution in [1.29, 1.82) is 0 Å². The maximum absolute atomic E-state index is 12.8. The molecule has 12 heteroatoms. The van der Waals surface area contributed by atoms with Crippen molar-refractivity contribution < 1.29 is 17.9 Å². The third-order valence-electron chi connectivity index (χ3n) is 5.22. The van der Waals surface area contributed by atoms with E-state index in [4.69, 9.17) is 21.3 Å². The van der Waals surface area contributed by atoms with Gasteiger partial charge < -0.3 is 4.74 Å². The van der Waals surface area contributed by atoms with Crippen LogP contribution in [0.25, 0.3) is 11.3 Å². The lowest BCUT2D eigenvalue weighted by atomic mass is 10.1. The number of nitrogens with one attached hydrogen (secondary N) is 1. The normalized spacial score (nSPS) is 16.0. The van der Waals surface area contributed by atoms with Gasteiger partial charge in [0.25, 0.3) is 10.0 Å². The molecule has 1 unspecified atom stereocenters. The Balaban J connectivity index is 1.34. The highest BCUT2D eigenvalue weighted by atomic mass is 35.5. The lowest BCUT2D eigenvalue weighted by Gasteiger charge is -2.19. The lowest BCUT2D eigenvalue weighted by molar-refractivity contribution is -0.115. The summed E-state index contributed by atoms with van der Waals surface area (Å²) in [5, 5.41) is 4.81. The van der Waals surface area contributed by atoms with Crippen LogP contribution in [0.4, 0.5) is 10.8 Å². The van der Waals surface area contributed by atoms with Crippen molar-refractivity contribution in [2.45, 2.75) is 10.3 Å². The Bertz CT molecular complexity index is 1470.